The average Bonchev–Trinajstić information content (AvgIpc) is 3.48. The number of aliphatic hydroxyl groups excluding tert-OH is 1. The fourth-order valence-electron chi connectivity index (χ4n) is 6.68. The lowest BCUT2D eigenvalue weighted by Gasteiger charge is -2.30. The molecular weight excluding hydrogens is 518 g/mol. The minimum Gasteiger partial charge on any atom is -0.393 e. The summed E-state index contributed by atoms with van der Waals surface area (Å²) in [6.07, 6.45) is 14.3. The summed E-state index contributed by atoms with van der Waals surface area (Å²) >= 11 is 1.64. The van der Waals surface area contributed by atoms with Crippen molar-refractivity contribution in [3.05, 3.63) is 53.8 Å². The van der Waals surface area contributed by atoms with Crippen molar-refractivity contribution >= 4 is 55.4 Å². The van der Waals surface area contributed by atoms with Crippen LogP contribution in [-0.4, -0.2) is 50.1 Å². The SMILES string of the molecule is O=C(N1CC=C(c2cc3c(Nc4ccc5ncsc5c4)ccnc3[nH]2)CC1)C1(CCC2CCCC(O)CC2)CC1. The quantitative estimate of drug-likeness (QED) is 0.213. The van der Waals surface area contributed by atoms with Gasteiger partial charge in [0.2, 0.25) is 5.91 Å². The van der Waals surface area contributed by atoms with Crippen LogP contribution in [0, 0.1) is 11.3 Å². The number of aliphatic hydroxyl groups is 1. The first-order chi connectivity index (χ1) is 19.6. The van der Waals surface area contributed by atoms with E-state index < -0.39 is 0 Å². The number of benzene rings is 1. The van der Waals surface area contributed by atoms with Crippen molar-refractivity contribution in [2.75, 3.05) is 18.4 Å². The molecule has 40 heavy (non-hydrogen) atoms. The third-order valence-corrected chi connectivity index (χ3v) is 10.2. The number of aromatic nitrogens is 3. The molecule has 2 atom stereocenters. The van der Waals surface area contributed by atoms with Crippen molar-refractivity contribution in [1.29, 1.82) is 0 Å². The Morgan fingerprint density at radius 1 is 1.15 bits per heavy atom. The van der Waals surface area contributed by atoms with Crippen molar-refractivity contribution in [1.82, 2.24) is 19.9 Å². The Labute approximate surface area is 238 Å². The molecule has 2 saturated carbocycles. The molecule has 1 amide bonds. The summed E-state index contributed by atoms with van der Waals surface area (Å²) in [5.74, 6) is 1.03. The summed E-state index contributed by atoms with van der Waals surface area (Å²) in [7, 11) is 0. The van der Waals surface area contributed by atoms with Crippen LogP contribution in [0.2, 0.25) is 0 Å². The molecule has 3 N–H and O–H groups in total. The molecule has 0 spiro atoms. The van der Waals surface area contributed by atoms with Gasteiger partial charge in [0.1, 0.15) is 5.65 Å². The number of H-pyrrole nitrogens is 1. The second kappa shape index (κ2) is 10.6. The second-order valence-electron chi connectivity index (χ2n) is 12.0. The van der Waals surface area contributed by atoms with Crippen LogP contribution in [0.15, 0.2) is 48.1 Å². The van der Waals surface area contributed by atoms with Crippen LogP contribution in [0.1, 0.15) is 69.9 Å². The Balaban J connectivity index is 1.01. The largest absolute Gasteiger partial charge is 0.393 e. The molecule has 0 saturated heterocycles. The standard InChI is InChI=1S/C32H37N5O2S/c38-24-3-1-2-21(4-6-24)8-12-32(13-14-32)31(39)37-16-10-22(11-17-37)28-19-25-26(9-15-33-30(25)36-28)35-23-5-7-27-29(18-23)40-20-34-27/h5,7,9-10,15,18-21,24,38H,1-4,6,8,11-14,16-17H2,(H2,33,35,36). The Bertz CT molecular complexity index is 1570. The Kier molecular flexibility index (Phi) is 6.84. The molecule has 2 fully saturated rings. The van der Waals surface area contributed by atoms with Crippen LogP contribution in [0.4, 0.5) is 11.4 Å². The number of hydrogen-bond acceptors (Lipinski definition) is 6. The van der Waals surface area contributed by atoms with Gasteiger partial charge >= 0.3 is 0 Å². The zero-order chi connectivity index (χ0) is 27.1. The Hall–Kier alpha value is -3.23. The van der Waals surface area contributed by atoms with E-state index in [0.717, 1.165) is 103 Å². The topological polar surface area (TPSA) is 94.1 Å². The fraction of sp³-hybridized carbons (Fsp3) is 0.469. The summed E-state index contributed by atoms with van der Waals surface area (Å²) in [5.41, 5.74) is 8.01. The van der Waals surface area contributed by atoms with Crippen molar-refractivity contribution in [2.24, 2.45) is 11.3 Å². The number of nitrogens with zero attached hydrogens (tertiary/aromatic N) is 3. The number of anilines is 2. The van der Waals surface area contributed by atoms with Crippen molar-refractivity contribution < 1.29 is 9.90 Å². The Morgan fingerprint density at radius 3 is 2.92 bits per heavy atom. The first-order valence-corrected chi connectivity index (χ1v) is 15.7. The van der Waals surface area contributed by atoms with Gasteiger partial charge in [-0.25, -0.2) is 9.97 Å². The molecule has 8 heteroatoms. The number of fused-ring (bicyclic) bond motifs is 2. The van der Waals surface area contributed by atoms with E-state index >= 15 is 0 Å². The van der Waals surface area contributed by atoms with Gasteiger partial charge in [-0.2, -0.15) is 0 Å². The fourth-order valence-corrected chi connectivity index (χ4v) is 7.40. The number of hydrogen-bond donors (Lipinski definition) is 3. The lowest BCUT2D eigenvalue weighted by atomic mass is 9.88. The number of thiazole rings is 1. The van der Waals surface area contributed by atoms with E-state index in [1.54, 1.807) is 11.3 Å². The number of rotatable bonds is 7. The van der Waals surface area contributed by atoms with Crippen LogP contribution in [0.3, 0.4) is 0 Å². The lowest BCUT2D eigenvalue weighted by molar-refractivity contribution is -0.137. The molecule has 1 aromatic carbocycles. The van der Waals surface area contributed by atoms with Gasteiger partial charge < -0.3 is 20.3 Å². The van der Waals surface area contributed by atoms with E-state index in [-0.39, 0.29) is 11.5 Å². The van der Waals surface area contributed by atoms with Gasteiger partial charge in [0.05, 0.1) is 27.5 Å². The summed E-state index contributed by atoms with van der Waals surface area (Å²) in [4.78, 5) is 28.1. The van der Waals surface area contributed by atoms with Gasteiger partial charge in [-0.3, -0.25) is 4.79 Å². The first-order valence-electron chi connectivity index (χ1n) is 14.8. The zero-order valence-electron chi connectivity index (χ0n) is 22.9. The maximum absolute atomic E-state index is 13.6. The highest BCUT2D eigenvalue weighted by molar-refractivity contribution is 7.16. The highest BCUT2D eigenvalue weighted by atomic mass is 32.1. The molecule has 7 nitrogen and oxygen atoms in total. The summed E-state index contributed by atoms with van der Waals surface area (Å²) in [6.45, 7) is 1.44. The minimum absolute atomic E-state index is 0.120. The number of carbonyl (C=O) groups is 1. The van der Waals surface area contributed by atoms with Crippen molar-refractivity contribution in [3.63, 3.8) is 0 Å². The molecular formula is C32H37N5O2S. The highest BCUT2D eigenvalue weighted by Gasteiger charge is 2.51. The van der Waals surface area contributed by atoms with Gasteiger partial charge in [-0.15, -0.1) is 11.3 Å². The predicted octanol–water partition coefficient (Wildman–Crippen LogP) is 7.03. The number of pyridine rings is 1. The summed E-state index contributed by atoms with van der Waals surface area (Å²) in [5, 5.41) is 14.6. The third kappa shape index (κ3) is 5.15. The number of aromatic amines is 1. The molecule has 4 heterocycles. The van der Waals surface area contributed by atoms with E-state index in [1.807, 2.05) is 23.8 Å². The molecule has 4 aromatic rings. The summed E-state index contributed by atoms with van der Waals surface area (Å²) < 4.78 is 1.16. The molecule has 0 radical (unpaired) electrons. The van der Waals surface area contributed by atoms with E-state index in [9.17, 15) is 9.90 Å². The molecule has 7 rings (SSSR count). The van der Waals surface area contributed by atoms with Crippen molar-refractivity contribution in [3.8, 4) is 0 Å². The molecule has 2 unspecified atom stereocenters. The van der Waals surface area contributed by atoms with Crippen LogP contribution in [0.5, 0.6) is 0 Å². The van der Waals surface area contributed by atoms with Gasteiger partial charge in [0.25, 0.3) is 0 Å². The molecule has 1 aliphatic heterocycles. The maximum atomic E-state index is 13.6. The predicted molar refractivity (Wildman–Crippen MR) is 162 cm³/mol. The minimum atomic E-state index is -0.121. The van der Waals surface area contributed by atoms with Crippen molar-refractivity contribution in [2.45, 2.75) is 70.3 Å². The number of amides is 1. The number of carbonyl (C=O) groups excluding carboxylic acids is 1. The first kappa shape index (κ1) is 25.7. The van der Waals surface area contributed by atoms with Crippen LogP contribution in [-0.2, 0) is 4.79 Å². The van der Waals surface area contributed by atoms with Crippen LogP contribution >= 0.6 is 11.3 Å². The van der Waals surface area contributed by atoms with E-state index in [0.29, 0.717) is 18.4 Å². The van der Waals surface area contributed by atoms with Gasteiger partial charge in [0.15, 0.2) is 0 Å². The van der Waals surface area contributed by atoms with Crippen LogP contribution in [0.25, 0.3) is 26.8 Å². The average molecular weight is 556 g/mol. The smallest absolute Gasteiger partial charge is 0.229 e. The number of nitrogens with one attached hydrogen (secondary N) is 2. The van der Waals surface area contributed by atoms with E-state index in [4.69, 9.17) is 0 Å². The van der Waals surface area contributed by atoms with Gasteiger partial charge in [-0.1, -0.05) is 18.9 Å². The van der Waals surface area contributed by atoms with Crippen LogP contribution < -0.4 is 5.32 Å². The van der Waals surface area contributed by atoms with E-state index in [1.165, 1.54) is 12.0 Å². The molecule has 3 aromatic heterocycles. The second-order valence-corrected chi connectivity index (χ2v) is 12.9. The van der Waals surface area contributed by atoms with Gasteiger partial charge in [0, 0.05) is 41.5 Å². The monoisotopic (exact) mass is 555 g/mol. The summed E-state index contributed by atoms with van der Waals surface area (Å²) in [6, 6.07) is 10.4. The van der Waals surface area contributed by atoms with Gasteiger partial charge in [-0.05, 0) is 93.2 Å². The molecule has 2 aliphatic carbocycles. The normalized spacial score (nSPS) is 22.7. The lowest BCUT2D eigenvalue weighted by Crippen LogP contribution is -2.40. The third-order valence-electron chi connectivity index (χ3n) is 9.38. The molecule has 3 aliphatic rings. The molecule has 0 bridgehead atoms. The molecule has 208 valence electrons. The highest BCUT2D eigenvalue weighted by Crippen LogP contribution is 2.52. The maximum Gasteiger partial charge on any atom is 0.229 e. The zero-order valence-corrected chi connectivity index (χ0v) is 23.7. The van der Waals surface area contributed by atoms with E-state index in [2.05, 4.69) is 49.4 Å². The Morgan fingerprint density at radius 2 is 2.08 bits per heavy atom.